The van der Waals surface area contributed by atoms with E-state index in [-0.39, 0.29) is 0 Å². The van der Waals surface area contributed by atoms with Crippen LogP contribution >= 0.6 is 11.3 Å². The number of rotatable bonds is 6. The highest BCUT2D eigenvalue weighted by molar-refractivity contribution is 7.07. The van der Waals surface area contributed by atoms with Gasteiger partial charge in [0.25, 0.3) is 0 Å². The van der Waals surface area contributed by atoms with Crippen LogP contribution in [0.5, 0.6) is 0 Å². The van der Waals surface area contributed by atoms with Crippen LogP contribution in [0.3, 0.4) is 0 Å². The maximum atomic E-state index is 3.32. The van der Waals surface area contributed by atoms with Crippen molar-refractivity contribution in [2.45, 2.75) is 25.7 Å². The normalized spacial score (nSPS) is 12.6. The third kappa shape index (κ3) is 3.69. The van der Waals surface area contributed by atoms with Crippen LogP contribution in [0.15, 0.2) is 41.1 Å². The summed E-state index contributed by atoms with van der Waals surface area (Å²) in [6.45, 7) is 3.21. The fraction of sp³-hybridized carbons (Fsp3) is 0.375. The SMILES string of the molecule is CNCC(CCc1ccsc1)c1cccc(C)c1. The summed E-state index contributed by atoms with van der Waals surface area (Å²) in [6, 6.07) is 11.1. The first kappa shape index (κ1) is 13.3. The van der Waals surface area contributed by atoms with Gasteiger partial charge in [-0.15, -0.1) is 0 Å². The smallest absolute Gasteiger partial charge is 0.00172 e. The van der Waals surface area contributed by atoms with Gasteiger partial charge in [-0.05, 0) is 60.7 Å². The molecule has 1 aromatic carbocycles. The van der Waals surface area contributed by atoms with Crippen molar-refractivity contribution in [3.8, 4) is 0 Å². The number of thiophene rings is 1. The van der Waals surface area contributed by atoms with Crippen LogP contribution in [0.25, 0.3) is 0 Å². The van der Waals surface area contributed by atoms with Crippen LogP contribution in [0.4, 0.5) is 0 Å². The van der Waals surface area contributed by atoms with Gasteiger partial charge in [-0.3, -0.25) is 0 Å². The highest BCUT2D eigenvalue weighted by atomic mass is 32.1. The standard InChI is InChI=1S/C16H21NS/c1-13-4-3-5-15(10-13)16(11-17-2)7-6-14-8-9-18-12-14/h3-5,8-10,12,16-17H,6-7,11H2,1-2H3. The molecule has 0 aliphatic heterocycles. The number of benzene rings is 1. The van der Waals surface area contributed by atoms with E-state index in [0.29, 0.717) is 5.92 Å². The lowest BCUT2D eigenvalue weighted by molar-refractivity contribution is 0.584. The van der Waals surface area contributed by atoms with E-state index in [9.17, 15) is 0 Å². The van der Waals surface area contributed by atoms with Crippen molar-refractivity contribution >= 4 is 11.3 Å². The summed E-state index contributed by atoms with van der Waals surface area (Å²) in [4.78, 5) is 0. The van der Waals surface area contributed by atoms with Gasteiger partial charge < -0.3 is 5.32 Å². The van der Waals surface area contributed by atoms with Crippen LogP contribution in [0, 0.1) is 6.92 Å². The molecular weight excluding hydrogens is 238 g/mol. The monoisotopic (exact) mass is 259 g/mol. The topological polar surface area (TPSA) is 12.0 Å². The number of hydrogen-bond acceptors (Lipinski definition) is 2. The molecule has 1 unspecified atom stereocenters. The largest absolute Gasteiger partial charge is 0.319 e. The van der Waals surface area contributed by atoms with Gasteiger partial charge in [-0.2, -0.15) is 11.3 Å². The average Bonchev–Trinajstić information content (AvgIpc) is 2.87. The van der Waals surface area contributed by atoms with Gasteiger partial charge in [0.05, 0.1) is 0 Å². The van der Waals surface area contributed by atoms with Crippen molar-refractivity contribution in [3.05, 3.63) is 57.8 Å². The second kappa shape index (κ2) is 6.72. The van der Waals surface area contributed by atoms with Gasteiger partial charge in [0.15, 0.2) is 0 Å². The summed E-state index contributed by atoms with van der Waals surface area (Å²) in [5, 5.41) is 7.74. The molecule has 2 aromatic rings. The summed E-state index contributed by atoms with van der Waals surface area (Å²) in [5.74, 6) is 0.606. The van der Waals surface area contributed by atoms with E-state index < -0.39 is 0 Å². The fourth-order valence-corrected chi connectivity index (χ4v) is 3.04. The predicted octanol–water partition coefficient (Wildman–Crippen LogP) is 3.99. The lowest BCUT2D eigenvalue weighted by Gasteiger charge is -2.17. The second-order valence-electron chi connectivity index (χ2n) is 4.84. The summed E-state index contributed by atoms with van der Waals surface area (Å²) < 4.78 is 0. The molecule has 1 aromatic heterocycles. The molecule has 2 heteroatoms. The number of hydrogen-bond donors (Lipinski definition) is 1. The third-order valence-electron chi connectivity index (χ3n) is 3.33. The number of aryl methyl sites for hydroxylation is 2. The molecule has 0 aliphatic carbocycles. The molecule has 96 valence electrons. The molecule has 1 nitrogen and oxygen atoms in total. The lowest BCUT2D eigenvalue weighted by atomic mass is 9.92. The molecule has 0 aliphatic rings. The molecule has 0 spiro atoms. The van der Waals surface area contributed by atoms with E-state index in [0.717, 1.165) is 6.54 Å². The van der Waals surface area contributed by atoms with E-state index >= 15 is 0 Å². The second-order valence-corrected chi connectivity index (χ2v) is 5.62. The van der Waals surface area contributed by atoms with Gasteiger partial charge >= 0.3 is 0 Å². The molecule has 1 heterocycles. The van der Waals surface area contributed by atoms with E-state index in [1.807, 2.05) is 7.05 Å². The highest BCUT2D eigenvalue weighted by Gasteiger charge is 2.11. The first-order valence-electron chi connectivity index (χ1n) is 6.52. The zero-order valence-electron chi connectivity index (χ0n) is 11.1. The molecule has 0 bridgehead atoms. The van der Waals surface area contributed by atoms with Gasteiger partial charge in [-0.1, -0.05) is 29.8 Å². The minimum absolute atomic E-state index is 0.606. The zero-order chi connectivity index (χ0) is 12.8. The Morgan fingerprint density at radius 2 is 2.17 bits per heavy atom. The Hall–Kier alpha value is -1.12. The summed E-state index contributed by atoms with van der Waals surface area (Å²) in [5.41, 5.74) is 4.28. The maximum absolute atomic E-state index is 3.32. The van der Waals surface area contributed by atoms with Gasteiger partial charge in [0.2, 0.25) is 0 Å². The quantitative estimate of drug-likeness (QED) is 0.827. The zero-order valence-corrected chi connectivity index (χ0v) is 12.0. The van der Waals surface area contributed by atoms with Crippen molar-refractivity contribution < 1.29 is 0 Å². The van der Waals surface area contributed by atoms with Gasteiger partial charge in [0, 0.05) is 6.54 Å². The Balaban J connectivity index is 2.03. The summed E-state index contributed by atoms with van der Waals surface area (Å²) >= 11 is 1.79. The molecule has 0 radical (unpaired) electrons. The summed E-state index contributed by atoms with van der Waals surface area (Å²) in [6.07, 6.45) is 2.38. The molecule has 1 atom stereocenters. The molecule has 0 saturated carbocycles. The van der Waals surface area contributed by atoms with E-state index in [1.54, 1.807) is 11.3 Å². The molecule has 0 fully saturated rings. The third-order valence-corrected chi connectivity index (χ3v) is 4.06. The molecule has 0 amide bonds. The van der Waals surface area contributed by atoms with Crippen LogP contribution in [-0.2, 0) is 6.42 Å². The van der Waals surface area contributed by atoms with Crippen LogP contribution < -0.4 is 5.32 Å². The average molecular weight is 259 g/mol. The molecule has 2 rings (SSSR count). The molecule has 18 heavy (non-hydrogen) atoms. The predicted molar refractivity (Wildman–Crippen MR) is 80.5 cm³/mol. The van der Waals surface area contributed by atoms with Crippen molar-refractivity contribution in [2.75, 3.05) is 13.6 Å². The van der Waals surface area contributed by atoms with Crippen LogP contribution in [0.2, 0.25) is 0 Å². The first-order valence-corrected chi connectivity index (χ1v) is 7.46. The van der Waals surface area contributed by atoms with Crippen LogP contribution in [-0.4, -0.2) is 13.6 Å². The minimum Gasteiger partial charge on any atom is -0.319 e. The highest BCUT2D eigenvalue weighted by Crippen LogP contribution is 2.22. The van der Waals surface area contributed by atoms with Crippen molar-refractivity contribution in [1.29, 1.82) is 0 Å². The van der Waals surface area contributed by atoms with Gasteiger partial charge in [-0.25, -0.2) is 0 Å². The van der Waals surface area contributed by atoms with Crippen LogP contribution in [0.1, 0.15) is 29.0 Å². The number of likely N-dealkylation sites (N-methyl/N-ethyl adjacent to an activating group) is 1. The Morgan fingerprint density at radius 3 is 2.83 bits per heavy atom. The Labute approximate surface area is 114 Å². The fourth-order valence-electron chi connectivity index (χ4n) is 2.33. The molecular formula is C16H21NS. The first-order chi connectivity index (χ1) is 8.79. The number of nitrogens with one attached hydrogen (secondary N) is 1. The molecule has 0 saturated heterocycles. The Morgan fingerprint density at radius 1 is 1.28 bits per heavy atom. The van der Waals surface area contributed by atoms with Gasteiger partial charge in [0.1, 0.15) is 0 Å². The summed E-state index contributed by atoms with van der Waals surface area (Å²) in [7, 11) is 2.04. The molecule has 1 N–H and O–H groups in total. The minimum atomic E-state index is 0.606. The van der Waals surface area contributed by atoms with E-state index in [2.05, 4.69) is 53.3 Å². The Kier molecular flexibility index (Phi) is 4.97. The van der Waals surface area contributed by atoms with E-state index in [1.165, 1.54) is 29.5 Å². The van der Waals surface area contributed by atoms with Crippen molar-refractivity contribution in [1.82, 2.24) is 5.32 Å². The van der Waals surface area contributed by atoms with E-state index in [4.69, 9.17) is 0 Å². The van der Waals surface area contributed by atoms with Crippen molar-refractivity contribution in [2.24, 2.45) is 0 Å². The lowest BCUT2D eigenvalue weighted by Crippen LogP contribution is -2.18. The Bertz CT molecular complexity index is 462. The van der Waals surface area contributed by atoms with Crippen molar-refractivity contribution in [3.63, 3.8) is 0 Å². The maximum Gasteiger partial charge on any atom is 0.00172 e.